The van der Waals surface area contributed by atoms with Crippen LogP contribution in [0.25, 0.3) is 0 Å². The van der Waals surface area contributed by atoms with Crippen molar-refractivity contribution in [3.63, 3.8) is 0 Å². The highest BCUT2D eigenvalue weighted by Crippen LogP contribution is 2.32. The minimum absolute atomic E-state index is 0.0994. The Balaban J connectivity index is 1.70. The highest BCUT2D eigenvalue weighted by Gasteiger charge is 2.24. The maximum Gasteiger partial charge on any atom is 0.315 e. The van der Waals surface area contributed by atoms with Gasteiger partial charge in [0, 0.05) is 6.54 Å². The molecule has 3 amide bonds. The Morgan fingerprint density at radius 1 is 1.18 bits per heavy atom. The molecule has 1 heterocycles. The number of nitrogens with two attached hydrogens (primary N) is 1. The Labute approximate surface area is 130 Å². The molecule has 1 saturated carbocycles. The largest absolute Gasteiger partial charge is 0.454 e. The number of carbonyl (C=O) groups is 2. The maximum atomic E-state index is 11.8. The lowest BCUT2D eigenvalue weighted by molar-refractivity contribution is 0.0972. The van der Waals surface area contributed by atoms with Crippen LogP contribution >= 0.6 is 0 Å². The summed E-state index contributed by atoms with van der Waals surface area (Å²) in [5.41, 5.74) is 5.10. The molecular formula is C16H25N3O3. The predicted octanol–water partition coefficient (Wildman–Crippen LogP) is 2.25. The Morgan fingerprint density at radius 3 is 2.45 bits per heavy atom. The standard InChI is InChI=1S/C16H25N3O3/c1-10-5-11(2)7-12(6-10)8-18-16(21)19-9-13-3-4-14(22-13)15(17)20/h3-4,10-12H,5-9H2,1-2H3,(H2,17,20)(H2,18,19,21). The quantitative estimate of drug-likeness (QED) is 0.778. The van der Waals surface area contributed by atoms with E-state index < -0.39 is 5.91 Å². The monoisotopic (exact) mass is 307 g/mol. The number of primary amides is 1. The molecule has 6 heteroatoms. The van der Waals surface area contributed by atoms with E-state index in [2.05, 4.69) is 24.5 Å². The molecule has 2 rings (SSSR count). The van der Waals surface area contributed by atoms with Crippen molar-refractivity contribution in [1.82, 2.24) is 10.6 Å². The van der Waals surface area contributed by atoms with Crippen molar-refractivity contribution < 1.29 is 14.0 Å². The molecule has 2 atom stereocenters. The van der Waals surface area contributed by atoms with Crippen LogP contribution in [-0.4, -0.2) is 18.5 Å². The van der Waals surface area contributed by atoms with Gasteiger partial charge in [0.1, 0.15) is 5.76 Å². The molecule has 1 fully saturated rings. The first-order valence-electron chi connectivity index (χ1n) is 7.84. The third-order valence-corrected chi connectivity index (χ3v) is 4.16. The molecule has 1 aliphatic carbocycles. The van der Waals surface area contributed by atoms with E-state index in [0.717, 1.165) is 11.8 Å². The van der Waals surface area contributed by atoms with Crippen molar-refractivity contribution >= 4 is 11.9 Å². The average molecular weight is 307 g/mol. The molecule has 1 aromatic rings. The lowest BCUT2D eigenvalue weighted by atomic mass is 9.77. The lowest BCUT2D eigenvalue weighted by Crippen LogP contribution is -2.39. The van der Waals surface area contributed by atoms with E-state index in [1.54, 1.807) is 6.07 Å². The number of hydrogen-bond donors (Lipinski definition) is 3. The number of furan rings is 1. The summed E-state index contributed by atoms with van der Waals surface area (Å²) in [6, 6.07) is 2.91. The third-order valence-electron chi connectivity index (χ3n) is 4.16. The molecule has 0 aromatic carbocycles. The molecule has 0 spiro atoms. The first-order chi connectivity index (χ1) is 10.4. The summed E-state index contributed by atoms with van der Waals surface area (Å²) in [6.45, 7) is 5.48. The van der Waals surface area contributed by atoms with E-state index in [1.165, 1.54) is 25.3 Å². The van der Waals surface area contributed by atoms with Gasteiger partial charge in [-0.1, -0.05) is 13.8 Å². The van der Waals surface area contributed by atoms with Crippen molar-refractivity contribution in [2.75, 3.05) is 6.54 Å². The second-order valence-corrected chi connectivity index (χ2v) is 6.48. The van der Waals surface area contributed by atoms with Crippen molar-refractivity contribution in [1.29, 1.82) is 0 Å². The van der Waals surface area contributed by atoms with Crippen LogP contribution in [0.5, 0.6) is 0 Å². The van der Waals surface area contributed by atoms with Crippen LogP contribution in [0.15, 0.2) is 16.5 Å². The Hall–Kier alpha value is -1.98. The number of carbonyl (C=O) groups excluding carboxylic acids is 2. The lowest BCUT2D eigenvalue weighted by Gasteiger charge is -2.31. The number of urea groups is 1. The van der Waals surface area contributed by atoms with Gasteiger partial charge in [0.05, 0.1) is 6.54 Å². The van der Waals surface area contributed by atoms with Crippen LogP contribution in [0.4, 0.5) is 4.79 Å². The zero-order valence-corrected chi connectivity index (χ0v) is 13.2. The van der Waals surface area contributed by atoms with Crippen LogP contribution in [0, 0.1) is 17.8 Å². The van der Waals surface area contributed by atoms with E-state index >= 15 is 0 Å². The number of hydrogen-bond acceptors (Lipinski definition) is 3. The van der Waals surface area contributed by atoms with E-state index in [4.69, 9.17) is 10.2 Å². The Kier molecular flexibility index (Phi) is 5.46. The van der Waals surface area contributed by atoms with Gasteiger partial charge in [0.25, 0.3) is 5.91 Å². The zero-order valence-electron chi connectivity index (χ0n) is 13.2. The molecule has 4 N–H and O–H groups in total. The van der Waals surface area contributed by atoms with E-state index in [9.17, 15) is 9.59 Å². The highest BCUT2D eigenvalue weighted by molar-refractivity contribution is 5.89. The zero-order chi connectivity index (χ0) is 16.1. The topological polar surface area (TPSA) is 97.4 Å². The third kappa shape index (κ3) is 4.79. The molecule has 2 unspecified atom stereocenters. The van der Waals surface area contributed by atoms with Gasteiger partial charge in [-0.2, -0.15) is 0 Å². The van der Waals surface area contributed by atoms with Gasteiger partial charge in [0.15, 0.2) is 5.76 Å². The van der Waals surface area contributed by atoms with E-state index in [0.29, 0.717) is 18.2 Å². The summed E-state index contributed by atoms with van der Waals surface area (Å²) in [7, 11) is 0. The Morgan fingerprint density at radius 2 is 1.86 bits per heavy atom. The Bertz CT molecular complexity index is 516. The second kappa shape index (κ2) is 7.33. The second-order valence-electron chi connectivity index (χ2n) is 6.48. The fourth-order valence-electron chi connectivity index (χ4n) is 3.35. The number of rotatable bonds is 5. The highest BCUT2D eigenvalue weighted by atomic mass is 16.4. The summed E-state index contributed by atoms with van der Waals surface area (Å²) < 4.78 is 5.20. The van der Waals surface area contributed by atoms with Gasteiger partial charge in [-0.15, -0.1) is 0 Å². The van der Waals surface area contributed by atoms with Gasteiger partial charge in [-0.05, 0) is 49.1 Å². The van der Waals surface area contributed by atoms with Crippen LogP contribution in [0.3, 0.4) is 0 Å². The molecule has 0 bridgehead atoms. The molecule has 1 aliphatic rings. The maximum absolute atomic E-state index is 11.8. The molecule has 22 heavy (non-hydrogen) atoms. The van der Waals surface area contributed by atoms with Crippen molar-refractivity contribution in [2.45, 2.75) is 39.7 Å². The smallest absolute Gasteiger partial charge is 0.315 e. The van der Waals surface area contributed by atoms with Crippen LogP contribution in [0.1, 0.15) is 49.4 Å². The normalized spacial score (nSPS) is 24.7. The van der Waals surface area contributed by atoms with Gasteiger partial charge in [-0.3, -0.25) is 4.79 Å². The number of amides is 3. The van der Waals surface area contributed by atoms with Gasteiger partial charge in [-0.25, -0.2) is 4.79 Å². The summed E-state index contributed by atoms with van der Waals surface area (Å²) >= 11 is 0. The van der Waals surface area contributed by atoms with E-state index in [1.807, 2.05) is 0 Å². The minimum Gasteiger partial charge on any atom is -0.454 e. The van der Waals surface area contributed by atoms with Crippen LogP contribution in [-0.2, 0) is 6.54 Å². The van der Waals surface area contributed by atoms with Crippen molar-refractivity contribution in [2.24, 2.45) is 23.5 Å². The fraction of sp³-hybridized carbons (Fsp3) is 0.625. The van der Waals surface area contributed by atoms with Gasteiger partial charge < -0.3 is 20.8 Å². The molecule has 1 aromatic heterocycles. The minimum atomic E-state index is -0.615. The van der Waals surface area contributed by atoms with Crippen LogP contribution < -0.4 is 16.4 Å². The molecule has 6 nitrogen and oxygen atoms in total. The first-order valence-corrected chi connectivity index (χ1v) is 7.84. The van der Waals surface area contributed by atoms with E-state index in [-0.39, 0.29) is 18.3 Å². The summed E-state index contributed by atoms with van der Waals surface area (Å²) in [4.78, 5) is 22.7. The van der Waals surface area contributed by atoms with Gasteiger partial charge in [0.2, 0.25) is 0 Å². The van der Waals surface area contributed by atoms with Crippen molar-refractivity contribution in [3.05, 3.63) is 23.7 Å². The summed E-state index contributed by atoms with van der Waals surface area (Å²) in [5, 5.41) is 5.63. The molecule has 0 radical (unpaired) electrons. The number of nitrogens with one attached hydrogen (secondary N) is 2. The molecule has 122 valence electrons. The first kappa shape index (κ1) is 16.4. The molecule has 0 saturated heterocycles. The SMILES string of the molecule is CC1CC(C)CC(CNC(=O)NCc2ccc(C(N)=O)o2)C1. The fourth-order valence-corrected chi connectivity index (χ4v) is 3.35. The average Bonchev–Trinajstić information content (AvgIpc) is 2.91. The summed E-state index contributed by atoms with van der Waals surface area (Å²) in [6.07, 6.45) is 3.62. The summed E-state index contributed by atoms with van der Waals surface area (Å²) in [5.74, 6) is 2.00. The van der Waals surface area contributed by atoms with Crippen LogP contribution in [0.2, 0.25) is 0 Å². The predicted molar refractivity (Wildman–Crippen MR) is 83.1 cm³/mol. The molecule has 0 aliphatic heterocycles. The van der Waals surface area contributed by atoms with Gasteiger partial charge >= 0.3 is 6.03 Å². The van der Waals surface area contributed by atoms with Crippen molar-refractivity contribution in [3.8, 4) is 0 Å². The molecular weight excluding hydrogens is 282 g/mol.